The van der Waals surface area contributed by atoms with E-state index in [-0.39, 0.29) is 25.1 Å². The molecule has 5 amide bonds. The number of primary amides is 4. The van der Waals surface area contributed by atoms with E-state index in [4.69, 9.17) is 20.1 Å². The van der Waals surface area contributed by atoms with E-state index in [2.05, 4.69) is 68.4 Å². The van der Waals surface area contributed by atoms with Crippen molar-refractivity contribution in [2.45, 2.75) is 79.1 Å². The van der Waals surface area contributed by atoms with Crippen molar-refractivity contribution >= 4 is 31.0 Å². The third-order valence-electron chi connectivity index (χ3n) is 4.91. The number of benzene rings is 1. The number of hydrogen-bond donors (Lipinski definition) is 5. The highest BCUT2D eigenvalue weighted by atomic mass is 16.2. The topological polar surface area (TPSA) is 205 Å². The molecule has 0 bridgehead atoms. The van der Waals surface area contributed by atoms with Crippen molar-refractivity contribution in [3.05, 3.63) is 59.7 Å². The van der Waals surface area contributed by atoms with Crippen molar-refractivity contribution in [3.8, 4) is 0 Å². The van der Waals surface area contributed by atoms with Gasteiger partial charge < -0.3 is 33.2 Å². The molecule has 2 aliphatic rings. The first-order chi connectivity index (χ1) is 20.2. The number of carbonyl (C=O) groups is 5. The summed E-state index contributed by atoms with van der Waals surface area (Å²) in [5, 5.41) is 3.24. The first-order valence-electron chi connectivity index (χ1n) is 14.3. The van der Waals surface area contributed by atoms with Crippen molar-refractivity contribution in [3.63, 3.8) is 0 Å². The van der Waals surface area contributed by atoms with Crippen LogP contribution in [0.25, 0.3) is 0 Å². The Morgan fingerprint density at radius 2 is 1.40 bits per heavy atom. The van der Waals surface area contributed by atoms with Crippen LogP contribution in [0.4, 0.5) is 0 Å². The van der Waals surface area contributed by atoms with E-state index >= 15 is 0 Å². The molecule has 9 N–H and O–H groups in total. The molecular weight excluding hydrogens is 536 g/mol. The molecule has 1 saturated heterocycles. The highest BCUT2D eigenvalue weighted by Crippen LogP contribution is 2.09. The smallest absolute Gasteiger partial charge is 0.222 e. The van der Waals surface area contributed by atoms with Gasteiger partial charge in [-0.2, -0.15) is 0 Å². The second-order valence-electron chi connectivity index (χ2n) is 8.81. The maximum absolute atomic E-state index is 11.6. The normalized spacial score (nSPS) is 12.1. The van der Waals surface area contributed by atoms with Crippen molar-refractivity contribution in [1.29, 1.82) is 0 Å². The number of rotatable bonds is 6. The fourth-order valence-electron chi connectivity index (χ4n) is 3.12. The van der Waals surface area contributed by atoms with Gasteiger partial charge in [0.25, 0.3) is 0 Å². The van der Waals surface area contributed by atoms with Crippen LogP contribution >= 0.6 is 0 Å². The molecule has 0 saturated carbocycles. The number of unbranched alkanes of at least 4 members (excludes halogenated alkanes) is 2. The zero-order valence-corrected chi connectivity index (χ0v) is 26.1. The maximum atomic E-state index is 11.6. The molecule has 1 fully saturated rings. The quantitative estimate of drug-likeness (QED) is 0.248. The molecule has 0 spiro atoms. The van der Waals surface area contributed by atoms with E-state index in [0.717, 1.165) is 44.6 Å². The number of amides is 5. The highest BCUT2D eigenvalue weighted by molar-refractivity contribution is 5.76. The lowest BCUT2D eigenvalue weighted by Gasteiger charge is -2.27. The number of allylic oxidation sites excluding steroid dienone is 4. The minimum Gasteiger partial charge on any atom is -0.372 e. The number of carbonyl (C=O) groups excluding carboxylic acids is 5. The molecule has 1 aromatic carbocycles. The Morgan fingerprint density at radius 1 is 0.905 bits per heavy atom. The summed E-state index contributed by atoms with van der Waals surface area (Å²) in [4.78, 5) is 49.7. The Labute approximate surface area is 253 Å². The fourth-order valence-corrected chi connectivity index (χ4v) is 3.12. The van der Waals surface area contributed by atoms with Gasteiger partial charge in [-0.05, 0) is 31.7 Å². The lowest BCUT2D eigenvalue weighted by atomic mass is 10.1. The lowest BCUT2D eigenvalue weighted by Crippen LogP contribution is -2.46. The number of nitrogens with one attached hydrogen (secondary N) is 1. The lowest BCUT2D eigenvalue weighted by molar-refractivity contribution is -0.132. The molecule has 1 aromatic rings. The minimum atomic E-state index is -0.286. The summed E-state index contributed by atoms with van der Waals surface area (Å²) in [7, 11) is 0. The van der Waals surface area contributed by atoms with Gasteiger partial charge in [0.1, 0.15) is 0 Å². The molecule has 1 aliphatic carbocycles. The van der Waals surface area contributed by atoms with Crippen LogP contribution in [-0.2, 0) is 30.4 Å². The largest absolute Gasteiger partial charge is 0.372 e. The van der Waals surface area contributed by atoms with Crippen molar-refractivity contribution < 1.29 is 24.0 Å². The summed E-state index contributed by atoms with van der Waals surface area (Å²) in [6, 6.07) is 9.44. The summed E-state index contributed by atoms with van der Waals surface area (Å²) < 4.78 is 0. The third kappa shape index (κ3) is 40.5. The number of hydrogen-bond acceptors (Lipinski definition) is 6. The number of nitrogens with zero attached hydrogens (tertiary/aromatic N) is 1. The molecule has 0 atom stereocenters. The molecule has 11 nitrogen and oxygen atoms in total. The Hall–Kier alpha value is -3.99. The summed E-state index contributed by atoms with van der Waals surface area (Å²) in [5.41, 5.74) is 20.0. The van der Waals surface area contributed by atoms with Gasteiger partial charge in [-0.15, -0.1) is 0 Å². The molecule has 0 unspecified atom stereocenters. The van der Waals surface area contributed by atoms with E-state index in [0.29, 0.717) is 12.3 Å². The monoisotopic (exact) mass is 592 g/mol. The molecular formula is C31H56N6O5. The van der Waals surface area contributed by atoms with Gasteiger partial charge in [-0.25, -0.2) is 0 Å². The van der Waals surface area contributed by atoms with Gasteiger partial charge in [0.2, 0.25) is 31.0 Å². The third-order valence-corrected chi connectivity index (χ3v) is 4.91. The van der Waals surface area contributed by atoms with Gasteiger partial charge in [0.15, 0.2) is 0 Å². The van der Waals surface area contributed by atoms with Crippen molar-refractivity contribution in [2.24, 2.45) is 22.9 Å². The molecule has 42 heavy (non-hydrogen) atoms. The van der Waals surface area contributed by atoms with Crippen LogP contribution in [0.3, 0.4) is 0 Å². The highest BCUT2D eigenvalue weighted by Gasteiger charge is 2.14. The predicted octanol–water partition coefficient (Wildman–Crippen LogP) is 2.72. The fraction of sp³-hybridized carbons (Fsp3) is 0.516. The molecule has 1 aliphatic heterocycles. The second kappa shape index (κ2) is 39.2. The Bertz CT molecular complexity index is 812. The van der Waals surface area contributed by atoms with Gasteiger partial charge in [0.05, 0.1) is 6.42 Å². The molecule has 240 valence electrons. The van der Waals surface area contributed by atoms with E-state index < -0.39 is 0 Å². The standard InChI is InChI=1S/C10H20N2O.C8H9NO.C7H10.C3H8.3CH3NO/c1-2-3-4-5-10(13)12-8-6-11-7-9-12;9-8(10)6-7-4-2-1-3-5-7;1-7-5-3-2-4-6-7;1-3-2;3*2-1-3/h11H,2-9H2,1H3;1-5H,6H2,(H2,9,10);2-3,5H,4,6H2,1H3;3H2,1-2H3;3*1H,(H2,2,3). The Balaban J connectivity index is -0.000000222. The first-order valence-corrected chi connectivity index (χ1v) is 14.3. The SMILES string of the molecule is CC1=CC=CCC1.CCC.CCCCCC(=O)N1CCNCC1.NC(=O)Cc1ccccc1.NC=O.NC=O.NC=O. The van der Waals surface area contributed by atoms with Crippen LogP contribution in [0.5, 0.6) is 0 Å². The number of nitrogens with two attached hydrogens (primary N) is 4. The summed E-state index contributed by atoms with van der Waals surface area (Å²) in [6.07, 6.45) is 15.5. The van der Waals surface area contributed by atoms with E-state index in [1.165, 1.54) is 37.7 Å². The van der Waals surface area contributed by atoms with Gasteiger partial charge in [-0.1, -0.05) is 94.2 Å². The molecule has 0 aromatic heterocycles. The maximum Gasteiger partial charge on any atom is 0.222 e. The first kappa shape index (κ1) is 45.0. The second-order valence-corrected chi connectivity index (χ2v) is 8.81. The average Bonchev–Trinajstić information content (AvgIpc) is 2.97. The van der Waals surface area contributed by atoms with Crippen LogP contribution in [0.15, 0.2) is 54.1 Å². The van der Waals surface area contributed by atoms with E-state index in [9.17, 15) is 9.59 Å². The van der Waals surface area contributed by atoms with Crippen LogP contribution in [0.1, 0.15) is 78.2 Å². The Morgan fingerprint density at radius 3 is 1.76 bits per heavy atom. The van der Waals surface area contributed by atoms with Gasteiger partial charge in [0, 0.05) is 32.6 Å². The van der Waals surface area contributed by atoms with Crippen LogP contribution < -0.4 is 28.3 Å². The van der Waals surface area contributed by atoms with E-state index in [1.807, 2.05) is 35.2 Å². The van der Waals surface area contributed by atoms with Gasteiger partial charge >= 0.3 is 0 Å². The number of piperazine rings is 1. The van der Waals surface area contributed by atoms with E-state index in [1.54, 1.807) is 0 Å². The van der Waals surface area contributed by atoms with Crippen LogP contribution in [0, 0.1) is 0 Å². The van der Waals surface area contributed by atoms with Gasteiger partial charge in [-0.3, -0.25) is 24.0 Å². The average molecular weight is 593 g/mol. The summed E-state index contributed by atoms with van der Waals surface area (Å²) >= 11 is 0. The zero-order valence-electron chi connectivity index (χ0n) is 26.1. The molecule has 11 heteroatoms. The summed E-state index contributed by atoms with van der Waals surface area (Å²) in [6.45, 7) is 12.3. The minimum absolute atomic E-state index is 0.250. The predicted molar refractivity (Wildman–Crippen MR) is 172 cm³/mol. The van der Waals surface area contributed by atoms with Crippen molar-refractivity contribution in [1.82, 2.24) is 10.2 Å². The van der Waals surface area contributed by atoms with Crippen molar-refractivity contribution in [2.75, 3.05) is 26.2 Å². The van der Waals surface area contributed by atoms with Crippen LogP contribution in [0.2, 0.25) is 0 Å². The Kier molecular flexibility index (Phi) is 42.0. The molecule has 3 rings (SSSR count). The molecule has 0 radical (unpaired) electrons. The molecule has 1 heterocycles. The summed E-state index contributed by atoms with van der Waals surface area (Å²) in [5.74, 6) is 0.0566. The van der Waals surface area contributed by atoms with Crippen LogP contribution in [-0.4, -0.2) is 62.1 Å². The zero-order chi connectivity index (χ0) is 32.9.